The highest BCUT2D eigenvalue weighted by Crippen LogP contribution is 2.26. The fourth-order valence-electron chi connectivity index (χ4n) is 4.80. The molecule has 0 aliphatic rings. The van der Waals surface area contributed by atoms with Gasteiger partial charge < -0.3 is 25.1 Å². The number of carbonyl (C=O) groups excluding carboxylic acids is 3. The van der Waals surface area contributed by atoms with Crippen molar-refractivity contribution in [2.45, 2.75) is 11.8 Å². The number of thioether (sulfide) groups is 1. The van der Waals surface area contributed by atoms with Crippen LogP contribution in [0.4, 0.5) is 11.4 Å². The maximum Gasteiger partial charge on any atom is 0.272 e. The fraction of sp³-hybridized carbons (Fsp3) is 0.0488. The molecule has 0 saturated carbocycles. The SMILES string of the molecule is Cc1ccc(-c2ccc(C=C(NC(=O)c3ccccc3)C(=O)Nc3ccc(SCC(=O)Nc4ccc(Oc5ccccc5)cc4)cc3)o2)cc1. The van der Waals surface area contributed by atoms with Crippen LogP contribution in [-0.2, 0) is 9.59 Å². The van der Waals surface area contributed by atoms with Crippen molar-refractivity contribution < 1.29 is 23.5 Å². The van der Waals surface area contributed by atoms with Gasteiger partial charge in [-0.2, -0.15) is 0 Å². The maximum absolute atomic E-state index is 13.5. The van der Waals surface area contributed by atoms with E-state index in [1.54, 1.807) is 66.7 Å². The van der Waals surface area contributed by atoms with Gasteiger partial charge in [0, 0.05) is 33.5 Å². The zero-order valence-electron chi connectivity index (χ0n) is 27.1. The first-order valence-electron chi connectivity index (χ1n) is 15.8. The van der Waals surface area contributed by atoms with E-state index in [2.05, 4.69) is 16.0 Å². The van der Waals surface area contributed by atoms with Crippen molar-refractivity contribution in [2.75, 3.05) is 16.4 Å². The van der Waals surface area contributed by atoms with Crippen LogP contribution in [0.25, 0.3) is 17.4 Å². The highest BCUT2D eigenvalue weighted by Gasteiger charge is 2.17. The summed E-state index contributed by atoms with van der Waals surface area (Å²) in [6.45, 7) is 2.01. The molecular weight excluding hydrogens is 647 g/mol. The largest absolute Gasteiger partial charge is 0.457 e. The second-order valence-corrected chi connectivity index (χ2v) is 12.2. The third kappa shape index (κ3) is 9.40. The predicted octanol–water partition coefficient (Wildman–Crippen LogP) is 9.19. The minimum atomic E-state index is -0.525. The third-order valence-electron chi connectivity index (χ3n) is 7.38. The monoisotopic (exact) mass is 679 g/mol. The van der Waals surface area contributed by atoms with E-state index in [9.17, 15) is 14.4 Å². The lowest BCUT2D eigenvalue weighted by molar-refractivity contribution is -0.114. The molecule has 0 aliphatic carbocycles. The van der Waals surface area contributed by atoms with Crippen LogP contribution in [-0.4, -0.2) is 23.5 Å². The Balaban J connectivity index is 1.06. The number of rotatable bonds is 12. The first-order chi connectivity index (χ1) is 24.4. The molecule has 0 bridgehead atoms. The van der Waals surface area contributed by atoms with E-state index in [4.69, 9.17) is 9.15 Å². The molecule has 5 aromatic carbocycles. The van der Waals surface area contributed by atoms with Crippen molar-refractivity contribution >= 4 is 46.9 Å². The van der Waals surface area contributed by atoms with Gasteiger partial charge in [0.15, 0.2) is 0 Å². The molecule has 0 saturated heterocycles. The van der Waals surface area contributed by atoms with Gasteiger partial charge >= 0.3 is 0 Å². The van der Waals surface area contributed by atoms with Crippen LogP contribution in [0, 0.1) is 6.92 Å². The van der Waals surface area contributed by atoms with Gasteiger partial charge in [0.05, 0.1) is 5.75 Å². The van der Waals surface area contributed by atoms with Crippen LogP contribution < -0.4 is 20.7 Å². The summed E-state index contributed by atoms with van der Waals surface area (Å²) in [6, 6.07) is 43.9. The minimum Gasteiger partial charge on any atom is -0.457 e. The van der Waals surface area contributed by atoms with Gasteiger partial charge in [-0.05, 0) is 91.9 Å². The highest BCUT2D eigenvalue weighted by molar-refractivity contribution is 8.00. The lowest BCUT2D eigenvalue weighted by Gasteiger charge is -2.11. The second-order valence-electron chi connectivity index (χ2n) is 11.2. The Kier molecular flexibility index (Phi) is 10.9. The van der Waals surface area contributed by atoms with Gasteiger partial charge in [-0.3, -0.25) is 14.4 Å². The van der Waals surface area contributed by atoms with E-state index in [-0.39, 0.29) is 17.4 Å². The molecule has 50 heavy (non-hydrogen) atoms. The molecule has 3 amide bonds. The van der Waals surface area contributed by atoms with E-state index in [0.717, 1.165) is 21.8 Å². The molecule has 6 rings (SSSR count). The van der Waals surface area contributed by atoms with Crippen LogP contribution in [0.15, 0.2) is 161 Å². The van der Waals surface area contributed by atoms with Crippen LogP contribution in [0.2, 0.25) is 0 Å². The summed E-state index contributed by atoms with van der Waals surface area (Å²) < 4.78 is 11.8. The van der Waals surface area contributed by atoms with E-state index in [0.29, 0.717) is 34.2 Å². The summed E-state index contributed by atoms with van der Waals surface area (Å²) in [4.78, 5) is 40.0. The van der Waals surface area contributed by atoms with Gasteiger partial charge in [-0.15, -0.1) is 11.8 Å². The average Bonchev–Trinajstić information content (AvgIpc) is 3.61. The zero-order chi connectivity index (χ0) is 34.7. The molecule has 8 nitrogen and oxygen atoms in total. The van der Waals surface area contributed by atoms with Crippen molar-refractivity contribution in [1.29, 1.82) is 0 Å². The Hall–Kier alpha value is -6.32. The topological polar surface area (TPSA) is 110 Å². The molecule has 1 aromatic heterocycles. The first kappa shape index (κ1) is 33.6. The van der Waals surface area contributed by atoms with Gasteiger partial charge in [-0.1, -0.05) is 66.2 Å². The molecule has 0 aliphatic heterocycles. The number of ether oxygens (including phenoxy) is 1. The van der Waals surface area contributed by atoms with Gasteiger partial charge in [-0.25, -0.2) is 0 Å². The average molecular weight is 680 g/mol. The highest BCUT2D eigenvalue weighted by atomic mass is 32.2. The van der Waals surface area contributed by atoms with Crippen molar-refractivity contribution in [3.63, 3.8) is 0 Å². The Morgan fingerprint density at radius 3 is 2.00 bits per heavy atom. The van der Waals surface area contributed by atoms with E-state index in [1.807, 2.05) is 85.8 Å². The molecular formula is C41H33N3O5S. The summed E-state index contributed by atoms with van der Waals surface area (Å²) in [5, 5.41) is 8.47. The number of carbonyl (C=O) groups is 3. The second kappa shape index (κ2) is 16.2. The summed E-state index contributed by atoms with van der Waals surface area (Å²) in [5.41, 5.74) is 3.63. The van der Waals surface area contributed by atoms with Crippen molar-refractivity contribution in [3.8, 4) is 22.8 Å². The smallest absolute Gasteiger partial charge is 0.272 e. The summed E-state index contributed by atoms with van der Waals surface area (Å²) in [7, 11) is 0. The van der Waals surface area contributed by atoms with E-state index >= 15 is 0 Å². The maximum atomic E-state index is 13.5. The lowest BCUT2D eigenvalue weighted by Crippen LogP contribution is -2.30. The standard InChI is InChI=1S/C41H33N3O5S/c1-28-12-14-29(15-13-28)38-25-22-35(49-38)26-37(44-40(46)30-8-4-2-5-9-30)41(47)43-32-18-23-36(24-19-32)50-27-39(45)42-31-16-20-34(21-17-31)48-33-10-6-3-7-11-33/h2-26H,27H2,1H3,(H,42,45)(H,43,47)(H,44,46). The Morgan fingerprint density at radius 2 is 1.30 bits per heavy atom. The molecule has 3 N–H and O–H groups in total. The van der Waals surface area contributed by atoms with Crippen LogP contribution in [0.1, 0.15) is 21.7 Å². The summed E-state index contributed by atoms with van der Waals surface area (Å²) >= 11 is 1.37. The number of amides is 3. The number of nitrogens with one attached hydrogen (secondary N) is 3. The molecule has 6 aromatic rings. The van der Waals surface area contributed by atoms with Crippen molar-refractivity contribution in [1.82, 2.24) is 5.32 Å². The molecule has 0 atom stereocenters. The number of hydrogen-bond acceptors (Lipinski definition) is 6. The number of anilines is 2. The summed E-state index contributed by atoms with van der Waals surface area (Å²) in [6.07, 6.45) is 1.50. The number of hydrogen-bond donors (Lipinski definition) is 3. The number of aryl methyl sites for hydroxylation is 1. The van der Waals surface area contributed by atoms with Gasteiger partial charge in [0.2, 0.25) is 5.91 Å². The molecule has 0 spiro atoms. The Labute approximate surface area is 294 Å². The quantitative estimate of drug-likeness (QED) is 0.0879. The van der Waals surface area contributed by atoms with Crippen molar-refractivity contribution in [2.24, 2.45) is 0 Å². The van der Waals surface area contributed by atoms with Crippen molar-refractivity contribution in [3.05, 3.63) is 168 Å². The van der Waals surface area contributed by atoms with Crippen LogP contribution in [0.3, 0.4) is 0 Å². The Bertz CT molecular complexity index is 2090. The molecule has 0 fully saturated rings. The number of benzene rings is 5. The van der Waals surface area contributed by atoms with Gasteiger partial charge in [0.1, 0.15) is 28.7 Å². The number of para-hydroxylation sites is 1. The molecule has 248 valence electrons. The zero-order valence-corrected chi connectivity index (χ0v) is 27.9. The van der Waals surface area contributed by atoms with E-state index < -0.39 is 11.8 Å². The molecule has 9 heteroatoms. The minimum absolute atomic E-state index is 0.0124. The van der Waals surface area contributed by atoms with Crippen LogP contribution >= 0.6 is 11.8 Å². The van der Waals surface area contributed by atoms with Gasteiger partial charge in [0.25, 0.3) is 11.8 Å². The lowest BCUT2D eigenvalue weighted by atomic mass is 10.1. The first-order valence-corrected chi connectivity index (χ1v) is 16.8. The fourth-order valence-corrected chi connectivity index (χ4v) is 5.50. The molecule has 1 heterocycles. The summed E-state index contributed by atoms with van der Waals surface area (Å²) in [5.74, 6) is 1.53. The number of furan rings is 1. The molecule has 0 radical (unpaired) electrons. The van der Waals surface area contributed by atoms with Crippen LogP contribution in [0.5, 0.6) is 11.5 Å². The molecule has 0 unspecified atom stereocenters. The normalized spacial score (nSPS) is 11.0. The Morgan fingerprint density at radius 1 is 0.680 bits per heavy atom. The third-order valence-corrected chi connectivity index (χ3v) is 8.39. The predicted molar refractivity (Wildman–Crippen MR) is 198 cm³/mol. The van der Waals surface area contributed by atoms with E-state index in [1.165, 1.54) is 17.8 Å².